The molecule has 1 saturated carbocycles. The van der Waals surface area contributed by atoms with Crippen LogP contribution in [0.2, 0.25) is 5.02 Å². The molecule has 0 radical (unpaired) electrons. The third-order valence-electron chi connectivity index (χ3n) is 3.13. The summed E-state index contributed by atoms with van der Waals surface area (Å²) in [5, 5.41) is 11.0. The van der Waals surface area contributed by atoms with E-state index < -0.39 is 5.60 Å². The van der Waals surface area contributed by atoms with Gasteiger partial charge in [-0.05, 0) is 52.4 Å². The second-order valence-electron chi connectivity index (χ2n) is 4.24. The van der Waals surface area contributed by atoms with Crippen LogP contribution in [0.1, 0.15) is 31.7 Å². The predicted molar refractivity (Wildman–Crippen MR) is 66.1 cm³/mol. The monoisotopic (exact) mass is 288 g/mol. The van der Waals surface area contributed by atoms with Crippen LogP contribution in [-0.2, 0) is 5.60 Å². The van der Waals surface area contributed by atoms with E-state index in [-0.39, 0.29) is 0 Å². The lowest BCUT2D eigenvalue weighted by Crippen LogP contribution is -2.08. The summed E-state index contributed by atoms with van der Waals surface area (Å²) in [7, 11) is 0. The zero-order valence-corrected chi connectivity index (χ0v) is 11.0. The molecular formula is C12H14BrClO. The Bertz CT molecular complexity index is 380. The first-order valence-corrected chi connectivity index (χ1v) is 6.43. The number of aliphatic hydroxyl groups is 1. The van der Waals surface area contributed by atoms with E-state index in [4.69, 9.17) is 11.6 Å². The Kier molecular flexibility index (Phi) is 3.11. The Balaban J connectivity index is 2.21. The van der Waals surface area contributed by atoms with Crippen molar-refractivity contribution < 1.29 is 5.11 Å². The molecule has 3 heteroatoms. The van der Waals surface area contributed by atoms with Crippen LogP contribution in [0.3, 0.4) is 0 Å². The molecule has 2 unspecified atom stereocenters. The smallest absolute Gasteiger partial charge is 0.0930 e. The van der Waals surface area contributed by atoms with Gasteiger partial charge in [0.2, 0.25) is 0 Å². The molecule has 15 heavy (non-hydrogen) atoms. The van der Waals surface area contributed by atoms with Crippen LogP contribution in [0.15, 0.2) is 22.7 Å². The normalized spacial score (nSPS) is 29.2. The Morgan fingerprint density at radius 2 is 2.33 bits per heavy atom. The zero-order chi connectivity index (χ0) is 11.1. The molecule has 82 valence electrons. The number of benzene rings is 1. The van der Waals surface area contributed by atoms with Crippen LogP contribution >= 0.6 is 27.5 Å². The number of rotatable bonds is 3. The zero-order valence-electron chi connectivity index (χ0n) is 8.63. The molecule has 1 fully saturated rings. The molecule has 1 aromatic rings. The first-order chi connectivity index (χ1) is 7.08. The van der Waals surface area contributed by atoms with Gasteiger partial charge in [0.15, 0.2) is 0 Å². The predicted octanol–water partition coefficient (Wildman–Crippen LogP) is 4.11. The summed E-state index contributed by atoms with van der Waals surface area (Å²) in [6.45, 7) is 2.15. The minimum absolute atomic E-state index is 0.416. The highest BCUT2D eigenvalue weighted by Gasteiger charge is 2.53. The van der Waals surface area contributed by atoms with E-state index in [1.54, 1.807) is 0 Å². The first-order valence-electron chi connectivity index (χ1n) is 5.26. The van der Waals surface area contributed by atoms with Crippen LogP contribution in [0, 0.1) is 5.92 Å². The van der Waals surface area contributed by atoms with E-state index in [1.807, 2.05) is 18.2 Å². The van der Waals surface area contributed by atoms with Crippen molar-refractivity contribution in [2.24, 2.45) is 5.92 Å². The highest BCUT2D eigenvalue weighted by atomic mass is 79.9. The fourth-order valence-corrected chi connectivity index (χ4v) is 2.55. The lowest BCUT2D eigenvalue weighted by atomic mass is 10.0. The fourth-order valence-electron chi connectivity index (χ4n) is 2.12. The molecule has 1 aromatic carbocycles. The molecule has 1 N–H and O–H groups in total. The number of hydrogen-bond acceptors (Lipinski definition) is 1. The average molecular weight is 290 g/mol. The van der Waals surface area contributed by atoms with Crippen molar-refractivity contribution in [1.29, 1.82) is 0 Å². The summed E-state index contributed by atoms with van der Waals surface area (Å²) in [5.74, 6) is 0.416. The van der Waals surface area contributed by atoms with E-state index in [9.17, 15) is 5.11 Å². The molecule has 0 saturated heterocycles. The lowest BCUT2D eigenvalue weighted by molar-refractivity contribution is 0.129. The maximum atomic E-state index is 10.3. The van der Waals surface area contributed by atoms with E-state index in [2.05, 4.69) is 22.9 Å². The summed E-state index contributed by atoms with van der Waals surface area (Å²) in [6, 6.07) is 5.71. The van der Waals surface area contributed by atoms with Gasteiger partial charge in [0.25, 0.3) is 0 Å². The summed E-state index contributed by atoms with van der Waals surface area (Å²) in [4.78, 5) is 0. The SMILES string of the molecule is CCCC1CC1(O)c1ccc(Br)c(Cl)c1. The van der Waals surface area contributed by atoms with Crippen molar-refractivity contribution in [3.8, 4) is 0 Å². The minimum atomic E-state index is -0.611. The van der Waals surface area contributed by atoms with Gasteiger partial charge in [-0.3, -0.25) is 0 Å². The van der Waals surface area contributed by atoms with Crippen molar-refractivity contribution in [2.45, 2.75) is 31.8 Å². The molecule has 2 rings (SSSR count). The quantitative estimate of drug-likeness (QED) is 0.888. The molecule has 0 bridgehead atoms. The van der Waals surface area contributed by atoms with Crippen LogP contribution in [0.5, 0.6) is 0 Å². The van der Waals surface area contributed by atoms with Crippen molar-refractivity contribution in [2.75, 3.05) is 0 Å². The summed E-state index contributed by atoms with van der Waals surface area (Å²) < 4.78 is 0.879. The maximum absolute atomic E-state index is 10.3. The average Bonchev–Trinajstić information content (AvgIpc) is 2.84. The third-order valence-corrected chi connectivity index (χ3v) is 4.36. The number of halogens is 2. The maximum Gasteiger partial charge on any atom is 0.0930 e. The molecule has 0 heterocycles. The minimum Gasteiger partial charge on any atom is -0.385 e. The molecule has 0 aromatic heterocycles. The highest BCUT2D eigenvalue weighted by Crippen LogP contribution is 2.54. The van der Waals surface area contributed by atoms with Gasteiger partial charge in [0.05, 0.1) is 10.6 Å². The Morgan fingerprint density at radius 1 is 1.60 bits per heavy atom. The second kappa shape index (κ2) is 4.08. The van der Waals surface area contributed by atoms with Crippen molar-refractivity contribution in [3.05, 3.63) is 33.3 Å². The van der Waals surface area contributed by atoms with Gasteiger partial charge in [0, 0.05) is 4.47 Å². The summed E-state index contributed by atoms with van der Waals surface area (Å²) >= 11 is 9.36. The first kappa shape index (κ1) is 11.4. The van der Waals surface area contributed by atoms with Gasteiger partial charge in [-0.25, -0.2) is 0 Å². The van der Waals surface area contributed by atoms with Crippen LogP contribution in [-0.4, -0.2) is 5.11 Å². The fraction of sp³-hybridized carbons (Fsp3) is 0.500. The molecule has 1 nitrogen and oxygen atoms in total. The van der Waals surface area contributed by atoms with Crippen molar-refractivity contribution >= 4 is 27.5 Å². The van der Waals surface area contributed by atoms with Gasteiger partial charge in [0.1, 0.15) is 0 Å². The van der Waals surface area contributed by atoms with Crippen LogP contribution in [0.25, 0.3) is 0 Å². The second-order valence-corrected chi connectivity index (χ2v) is 5.50. The van der Waals surface area contributed by atoms with Crippen LogP contribution < -0.4 is 0 Å². The van der Waals surface area contributed by atoms with Crippen LogP contribution in [0.4, 0.5) is 0 Å². The molecule has 1 aliphatic carbocycles. The van der Waals surface area contributed by atoms with Gasteiger partial charge in [-0.15, -0.1) is 0 Å². The molecule has 1 aliphatic rings. The number of hydrogen-bond donors (Lipinski definition) is 1. The van der Waals surface area contributed by atoms with Crippen molar-refractivity contribution in [1.82, 2.24) is 0 Å². The third kappa shape index (κ3) is 2.08. The molecule has 0 amide bonds. The molecule has 0 aliphatic heterocycles. The lowest BCUT2D eigenvalue weighted by Gasteiger charge is -2.11. The highest BCUT2D eigenvalue weighted by molar-refractivity contribution is 9.10. The van der Waals surface area contributed by atoms with Gasteiger partial charge >= 0.3 is 0 Å². The standard InChI is InChI=1S/C12H14BrClO/c1-2-3-9-7-12(9,15)8-4-5-10(13)11(14)6-8/h4-6,9,15H,2-3,7H2,1H3. The molecule has 0 spiro atoms. The molecule has 2 atom stereocenters. The largest absolute Gasteiger partial charge is 0.385 e. The van der Waals surface area contributed by atoms with Gasteiger partial charge in [-0.2, -0.15) is 0 Å². The Morgan fingerprint density at radius 3 is 2.93 bits per heavy atom. The Hall–Kier alpha value is -0.0500. The van der Waals surface area contributed by atoms with E-state index in [0.717, 1.165) is 29.3 Å². The summed E-state index contributed by atoms with van der Waals surface area (Å²) in [6.07, 6.45) is 3.08. The Labute approximate surface area is 104 Å². The summed E-state index contributed by atoms with van der Waals surface area (Å²) in [5.41, 5.74) is 0.342. The van der Waals surface area contributed by atoms with Crippen molar-refractivity contribution in [3.63, 3.8) is 0 Å². The molecular weight excluding hydrogens is 275 g/mol. The van der Waals surface area contributed by atoms with E-state index in [1.165, 1.54) is 0 Å². The topological polar surface area (TPSA) is 20.2 Å². The van der Waals surface area contributed by atoms with Gasteiger partial charge < -0.3 is 5.11 Å². The van der Waals surface area contributed by atoms with Gasteiger partial charge in [-0.1, -0.05) is 31.0 Å². The van der Waals surface area contributed by atoms with E-state index in [0.29, 0.717) is 10.9 Å². The van der Waals surface area contributed by atoms with E-state index >= 15 is 0 Å².